The van der Waals surface area contributed by atoms with Crippen LogP contribution >= 0.6 is 23.1 Å². The standard InChI is InChI=1S/C16H21N5O3S2/c1-9(2)12(13(22)19-14(17)23)25-16-21-20-15(26-16)18-8-10-4-6-11(24-3)7-5-10/h4-7,9,12H,8H2,1-3H3,(H,18,20)(H3,17,19,22,23). The molecule has 3 amide bonds. The first kappa shape index (κ1) is 20.0. The average Bonchev–Trinajstić information content (AvgIpc) is 3.05. The Morgan fingerprint density at radius 2 is 1.96 bits per heavy atom. The van der Waals surface area contributed by atoms with Crippen molar-refractivity contribution in [3.05, 3.63) is 29.8 Å². The number of benzene rings is 1. The summed E-state index contributed by atoms with van der Waals surface area (Å²) < 4.78 is 5.77. The lowest BCUT2D eigenvalue weighted by atomic mass is 10.1. The lowest BCUT2D eigenvalue weighted by molar-refractivity contribution is -0.120. The van der Waals surface area contributed by atoms with Gasteiger partial charge in [-0.25, -0.2) is 4.79 Å². The number of methoxy groups -OCH3 is 1. The fourth-order valence-corrected chi connectivity index (χ4v) is 4.00. The molecule has 2 aromatic rings. The molecule has 1 atom stereocenters. The molecule has 26 heavy (non-hydrogen) atoms. The maximum atomic E-state index is 12.1. The number of amides is 3. The number of rotatable bonds is 8. The Hall–Kier alpha value is -2.33. The molecule has 8 nitrogen and oxygen atoms in total. The second-order valence-electron chi connectivity index (χ2n) is 5.71. The zero-order chi connectivity index (χ0) is 19.1. The van der Waals surface area contributed by atoms with Gasteiger partial charge in [-0.2, -0.15) is 0 Å². The number of nitrogens with two attached hydrogens (primary N) is 1. The van der Waals surface area contributed by atoms with Crippen molar-refractivity contribution in [1.29, 1.82) is 0 Å². The van der Waals surface area contributed by atoms with Crippen LogP contribution in [0.25, 0.3) is 0 Å². The van der Waals surface area contributed by atoms with Crippen molar-refractivity contribution in [2.24, 2.45) is 11.7 Å². The number of hydrogen-bond donors (Lipinski definition) is 3. The first-order valence-corrected chi connectivity index (χ1v) is 9.56. The lowest BCUT2D eigenvalue weighted by Gasteiger charge is -2.16. The number of anilines is 1. The number of urea groups is 1. The third-order valence-corrected chi connectivity index (χ3v) is 5.86. The van der Waals surface area contributed by atoms with Crippen molar-refractivity contribution in [3.8, 4) is 5.75 Å². The summed E-state index contributed by atoms with van der Waals surface area (Å²) in [6, 6.07) is 6.85. The summed E-state index contributed by atoms with van der Waals surface area (Å²) in [5.74, 6) is 0.372. The van der Waals surface area contributed by atoms with Gasteiger partial charge in [0.25, 0.3) is 0 Å². The highest BCUT2D eigenvalue weighted by Gasteiger charge is 2.26. The van der Waals surface area contributed by atoms with Gasteiger partial charge >= 0.3 is 6.03 Å². The van der Waals surface area contributed by atoms with Crippen LogP contribution in [0.5, 0.6) is 5.75 Å². The Balaban J connectivity index is 1.94. The molecule has 0 radical (unpaired) electrons. The second kappa shape index (κ2) is 9.39. The molecule has 1 aromatic heterocycles. The summed E-state index contributed by atoms with van der Waals surface area (Å²) in [5.41, 5.74) is 6.10. The maximum absolute atomic E-state index is 12.1. The second-order valence-corrected chi connectivity index (χ2v) is 8.08. The Labute approximate surface area is 159 Å². The zero-order valence-corrected chi connectivity index (χ0v) is 16.3. The number of primary amides is 1. The van der Waals surface area contributed by atoms with Crippen LogP contribution in [0.3, 0.4) is 0 Å². The van der Waals surface area contributed by atoms with Gasteiger partial charge < -0.3 is 15.8 Å². The van der Waals surface area contributed by atoms with Crippen LogP contribution in [0.15, 0.2) is 28.6 Å². The Morgan fingerprint density at radius 1 is 1.27 bits per heavy atom. The average molecular weight is 396 g/mol. The first-order chi connectivity index (χ1) is 12.4. The third-order valence-electron chi connectivity index (χ3n) is 3.35. The van der Waals surface area contributed by atoms with E-state index in [1.54, 1.807) is 7.11 Å². The van der Waals surface area contributed by atoms with Crippen molar-refractivity contribution in [3.63, 3.8) is 0 Å². The minimum absolute atomic E-state index is 0.000965. The van der Waals surface area contributed by atoms with E-state index >= 15 is 0 Å². The predicted molar refractivity (Wildman–Crippen MR) is 102 cm³/mol. The van der Waals surface area contributed by atoms with Crippen LogP contribution in [0.1, 0.15) is 19.4 Å². The number of nitrogens with zero attached hydrogens (tertiary/aromatic N) is 2. The van der Waals surface area contributed by atoms with Gasteiger partial charge in [0.2, 0.25) is 11.0 Å². The fourth-order valence-electron chi connectivity index (χ4n) is 2.04. The SMILES string of the molecule is COc1ccc(CNc2nnc(SC(C(=O)NC(N)=O)C(C)C)s2)cc1. The molecule has 0 saturated heterocycles. The van der Waals surface area contributed by atoms with Gasteiger partial charge in [-0.15, -0.1) is 10.2 Å². The molecule has 0 aliphatic heterocycles. The van der Waals surface area contributed by atoms with Gasteiger partial charge in [0.05, 0.1) is 12.4 Å². The number of ether oxygens (including phenoxy) is 1. The molecule has 1 unspecified atom stereocenters. The minimum atomic E-state index is -0.861. The first-order valence-electron chi connectivity index (χ1n) is 7.86. The molecule has 0 bridgehead atoms. The lowest BCUT2D eigenvalue weighted by Crippen LogP contribution is -2.42. The molecule has 0 fully saturated rings. The number of imide groups is 1. The van der Waals surface area contributed by atoms with E-state index < -0.39 is 17.2 Å². The number of carbonyl (C=O) groups excluding carboxylic acids is 2. The molecule has 0 aliphatic rings. The molecule has 1 aromatic carbocycles. The van der Waals surface area contributed by atoms with Gasteiger partial charge in [-0.3, -0.25) is 10.1 Å². The fraction of sp³-hybridized carbons (Fsp3) is 0.375. The summed E-state index contributed by atoms with van der Waals surface area (Å²) in [7, 11) is 1.63. The molecule has 10 heteroatoms. The van der Waals surface area contributed by atoms with Crippen LogP contribution in [0, 0.1) is 5.92 Å². The van der Waals surface area contributed by atoms with E-state index in [-0.39, 0.29) is 5.92 Å². The highest BCUT2D eigenvalue weighted by molar-refractivity contribution is 8.02. The number of aromatic nitrogens is 2. The summed E-state index contributed by atoms with van der Waals surface area (Å²) >= 11 is 2.61. The molecule has 1 heterocycles. The van der Waals surface area contributed by atoms with E-state index in [2.05, 4.69) is 20.8 Å². The molecule has 0 aliphatic carbocycles. The topological polar surface area (TPSA) is 119 Å². The number of thioether (sulfide) groups is 1. The van der Waals surface area contributed by atoms with Crippen molar-refractivity contribution in [1.82, 2.24) is 15.5 Å². The van der Waals surface area contributed by atoms with Crippen molar-refractivity contribution in [2.45, 2.75) is 30.0 Å². The molecule has 140 valence electrons. The predicted octanol–water partition coefficient (Wildman–Crippen LogP) is 2.47. The van der Waals surface area contributed by atoms with Crippen LogP contribution in [0.2, 0.25) is 0 Å². The quantitative estimate of drug-likeness (QED) is 0.587. The van der Waals surface area contributed by atoms with Crippen molar-refractivity contribution < 1.29 is 14.3 Å². The maximum Gasteiger partial charge on any atom is 0.318 e. The van der Waals surface area contributed by atoms with E-state index in [0.29, 0.717) is 16.0 Å². The zero-order valence-electron chi connectivity index (χ0n) is 14.7. The van der Waals surface area contributed by atoms with Crippen molar-refractivity contribution >= 4 is 40.2 Å². The van der Waals surface area contributed by atoms with Crippen LogP contribution in [0.4, 0.5) is 9.93 Å². The molecule has 0 spiro atoms. The minimum Gasteiger partial charge on any atom is -0.497 e. The highest BCUT2D eigenvalue weighted by atomic mass is 32.2. The molecule has 2 rings (SSSR count). The van der Waals surface area contributed by atoms with Gasteiger partial charge in [-0.05, 0) is 23.6 Å². The summed E-state index contributed by atoms with van der Waals surface area (Å²) in [6.45, 7) is 4.38. The van der Waals surface area contributed by atoms with Gasteiger partial charge in [0, 0.05) is 6.54 Å². The summed E-state index contributed by atoms with van der Waals surface area (Å²) in [5, 5.41) is 13.7. The van der Waals surface area contributed by atoms with E-state index in [0.717, 1.165) is 11.3 Å². The number of nitrogens with one attached hydrogen (secondary N) is 2. The number of hydrogen-bond acceptors (Lipinski definition) is 8. The normalized spacial score (nSPS) is 11.8. The largest absolute Gasteiger partial charge is 0.497 e. The van der Waals surface area contributed by atoms with E-state index in [4.69, 9.17) is 10.5 Å². The Bertz CT molecular complexity index is 749. The highest BCUT2D eigenvalue weighted by Crippen LogP contribution is 2.32. The van der Waals surface area contributed by atoms with E-state index in [1.807, 2.05) is 38.1 Å². The van der Waals surface area contributed by atoms with E-state index in [1.165, 1.54) is 23.1 Å². The number of carbonyl (C=O) groups is 2. The molecule has 4 N–H and O–H groups in total. The van der Waals surface area contributed by atoms with Gasteiger partial charge in [-0.1, -0.05) is 49.1 Å². The van der Waals surface area contributed by atoms with Crippen molar-refractivity contribution in [2.75, 3.05) is 12.4 Å². The van der Waals surface area contributed by atoms with Crippen LogP contribution in [-0.4, -0.2) is 34.5 Å². The van der Waals surface area contributed by atoms with E-state index in [9.17, 15) is 9.59 Å². The molecular weight excluding hydrogens is 374 g/mol. The summed E-state index contributed by atoms with van der Waals surface area (Å²) in [4.78, 5) is 23.0. The summed E-state index contributed by atoms with van der Waals surface area (Å²) in [6.07, 6.45) is 0. The Morgan fingerprint density at radius 3 is 2.54 bits per heavy atom. The third kappa shape index (κ3) is 5.88. The monoisotopic (exact) mass is 395 g/mol. The smallest absolute Gasteiger partial charge is 0.318 e. The molecule has 0 saturated carbocycles. The van der Waals surface area contributed by atoms with Crippen LogP contribution < -0.4 is 21.1 Å². The molecular formula is C16H21N5O3S2. The Kier molecular flexibility index (Phi) is 7.22. The van der Waals surface area contributed by atoms with Gasteiger partial charge in [0.15, 0.2) is 4.34 Å². The van der Waals surface area contributed by atoms with Gasteiger partial charge in [0.1, 0.15) is 5.75 Å². The van der Waals surface area contributed by atoms with Crippen LogP contribution in [-0.2, 0) is 11.3 Å².